The third-order valence-corrected chi connectivity index (χ3v) is 5.96. The molecule has 0 aliphatic carbocycles. The molecular weight excluding hydrogens is 386 g/mol. The minimum atomic E-state index is -0.238. The summed E-state index contributed by atoms with van der Waals surface area (Å²) in [4.78, 5) is 16.8. The first-order valence-corrected chi connectivity index (χ1v) is 10.6. The van der Waals surface area contributed by atoms with E-state index in [-0.39, 0.29) is 17.7 Å². The molecule has 2 fully saturated rings. The first kappa shape index (κ1) is 20.4. The van der Waals surface area contributed by atoms with Crippen LogP contribution in [0.3, 0.4) is 0 Å². The highest BCUT2D eigenvalue weighted by Gasteiger charge is 2.29. The molecule has 2 heterocycles. The van der Waals surface area contributed by atoms with Crippen molar-refractivity contribution in [1.29, 1.82) is 0 Å². The zero-order valence-corrected chi connectivity index (χ0v) is 17.0. The van der Waals surface area contributed by atoms with Gasteiger partial charge >= 0.3 is 6.03 Å². The summed E-state index contributed by atoms with van der Waals surface area (Å²) >= 11 is 0. The number of nitrogens with one attached hydrogen (secondary N) is 2. The van der Waals surface area contributed by atoms with Crippen molar-refractivity contribution in [3.63, 3.8) is 0 Å². The lowest BCUT2D eigenvalue weighted by atomic mass is 10.0. The van der Waals surface area contributed by atoms with E-state index in [0.717, 1.165) is 63.2 Å². The summed E-state index contributed by atoms with van der Waals surface area (Å²) in [6.07, 6.45) is 3.52. The second kappa shape index (κ2) is 9.32. The van der Waals surface area contributed by atoms with Gasteiger partial charge in [0.25, 0.3) is 0 Å². The van der Waals surface area contributed by atoms with Crippen molar-refractivity contribution in [1.82, 2.24) is 9.80 Å². The molecular formula is C23H28F2N4O. The number of halogens is 2. The molecule has 2 aromatic rings. The molecule has 2 saturated heterocycles. The van der Waals surface area contributed by atoms with Crippen LogP contribution in [0.25, 0.3) is 0 Å². The van der Waals surface area contributed by atoms with E-state index in [9.17, 15) is 13.6 Å². The zero-order valence-electron chi connectivity index (χ0n) is 17.0. The van der Waals surface area contributed by atoms with Crippen LogP contribution in [0.1, 0.15) is 25.7 Å². The van der Waals surface area contributed by atoms with Crippen molar-refractivity contribution in [3.8, 4) is 0 Å². The predicted molar refractivity (Wildman–Crippen MR) is 115 cm³/mol. The second-order valence-electron chi connectivity index (χ2n) is 8.11. The van der Waals surface area contributed by atoms with Gasteiger partial charge in [0.2, 0.25) is 0 Å². The van der Waals surface area contributed by atoms with Crippen molar-refractivity contribution in [2.24, 2.45) is 0 Å². The quantitative estimate of drug-likeness (QED) is 0.772. The molecule has 7 heteroatoms. The Morgan fingerprint density at radius 1 is 0.667 bits per heavy atom. The van der Waals surface area contributed by atoms with E-state index in [1.165, 1.54) is 24.3 Å². The molecule has 160 valence electrons. The number of hydrogen-bond donors (Lipinski definition) is 2. The van der Waals surface area contributed by atoms with E-state index in [2.05, 4.69) is 10.6 Å². The van der Waals surface area contributed by atoms with Gasteiger partial charge in [-0.15, -0.1) is 0 Å². The van der Waals surface area contributed by atoms with Gasteiger partial charge in [0.15, 0.2) is 0 Å². The Balaban J connectivity index is 1.20. The number of rotatable bonds is 4. The maximum atomic E-state index is 13.0. The normalized spacial score (nSPS) is 18.3. The largest absolute Gasteiger partial charge is 0.382 e. The van der Waals surface area contributed by atoms with Gasteiger partial charge in [-0.1, -0.05) is 0 Å². The first-order valence-electron chi connectivity index (χ1n) is 10.6. The average molecular weight is 415 g/mol. The van der Waals surface area contributed by atoms with Crippen molar-refractivity contribution < 1.29 is 13.6 Å². The number of nitrogens with zero attached hydrogens (tertiary/aromatic N) is 2. The van der Waals surface area contributed by atoms with Crippen LogP contribution in [0.5, 0.6) is 0 Å². The summed E-state index contributed by atoms with van der Waals surface area (Å²) < 4.78 is 26.1. The van der Waals surface area contributed by atoms with Crippen LogP contribution >= 0.6 is 0 Å². The molecule has 2 N–H and O–H groups in total. The Morgan fingerprint density at radius 2 is 1.00 bits per heavy atom. The van der Waals surface area contributed by atoms with E-state index < -0.39 is 0 Å². The van der Waals surface area contributed by atoms with Crippen LogP contribution < -0.4 is 10.6 Å². The van der Waals surface area contributed by atoms with Gasteiger partial charge in [-0.2, -0.15) is 0 Å². The zero-order chi connectivity index (χ0) is 20.9. The van der Waals surface area contributed by atoms with Crippen molar-refractivity contribution >= 4 is 17.4 Å². The van der Waals surface area contributed by atoms with Crippen LogP contribution in [0.2, 0.25) is 0 Å². The summed E-state index contributed by atoms with van der Waals surface area (Å²) in [5.41, 5.74) is 1.83. The molecule has 0 bridgehead atoms. The first-order chi connectivity index (χ1) is 14.6. The Kier molecular flexibility index (Phi) is 6.35. The van der Waals surface area contributed by atoms with Gasteiger partial charge in [0.1, 0.15) is 11.6 Å². The van der Waals surface area contributed by atoms with Crippen LogP contribution in [0, 0.1) is 11.6 Å². The number of amides is 2. The molecule has 0 unspecified atom stereocenters. The van der Waals surface area contributed by atoms with Crippen LogP contribution in [0.15, 0.2) is 48.5 Å². The fourth-order valence-corrected chi connectivity index (χ4v) is 4.19. The molecule has 30 heavy (non-hydrogen) atoms. The Morgan fingerprint density at radius 3 is 1.33 bits per heavy atom. The third-order valence-electron chi connectivity index (χ3n) is 5.96. The highest BCUT2D eigenvalue weighted by atomic mass is 19.1. The molecule has 0 saturated carbocycles. The molecule has 0 spiro atoms. The van der Waals surface area contributed by atoms with Crippen LogP contribution in [-0.4, -0.2) is 54.1 Å². The number of piperidine rings is 2. The number of carbonyl (C=O) groups excluding carboxylic acids is 1. The molecule has 2 amide bonds. The van der Waals surface area contributed by atoms with E-state index >= 15 is 0 Å². The molecule has 2 aromatic carbocycles. The lowest BCUT2D eigenvalue weighted by Gasteiger charge is -2.39. The van der Waals surface area contributed by atoms with Crippen molar-refractivity contribution in [3.05, 3.63) is 60.2 Å². The van der Waals surface area contributed by atoms with E-state index in [0.29, 0.717) is 12.1 Å². The lowest BCUT2D eigenvalue weighted by molar-refractivity contribution is 0.131. The Bertz CT molecular complexity index is 758. The highest BCUT2D eigenvalue weighted by Crippen LogP contribution is 2.21. The Hall–Kier alpha value is -2.83. The standard InChI is InChI=1S/C23H28F2N4O/c24-17-1-5-19(6-2-17)26-21-9-13-28(14-10-21)23(30)29-15-11-22(12-16-29)27-20-7-3-18(25)4-8-20/h1-8,21-22,26-27H,9-16H2. The monoisotopic (exact) mass is 414 g/mol. The summed E-state index contributed by atoms with van der Waals surface area (Å²) in [5, 5.41) is 6.86. The second-order valence-corrected chi connectivity index (χ2v) is 8.11. The minimum absolute atomic E-state index is 0.121. The maximum absolute atomic E-state index is 13.0. The van der Waals surface area contributed by atoms with Gasteiger partial charge in [-0.25, -0.2) is 13.6 Å². The lowest BCUT2D eigenvalue weighted by Crippen LogP contribution is -2.51. The fourth-order valence-electron chi connectivity index (χ4n) is 4.19. The number of likely N-dealkylation sites (tertiary alicyclic amines) is 2. The van der Waals surface area contributed by atoms with Crippen LogP contribution in [-0.2, 0) is 0 Å². The average Bonchev–Trinajstić information content (AvgIpc) is 2.77. The van der Waals surface area contributed by atoms with Crippen LogP contribution in [0.4, 0.5) is 25.0 Å². The number of carbonyl (C=O) groups is 1. The van der Waals surface area contributed by atoms with Gasteiger partial charge in [-0.05, 0) is 74.2 Å². The van der Waals surface area contributed by atoms with Crippen molar-refractivity contribution in [2.45, 2.75) is 37.8 Å². The molecule has 2 aliphatic heterocycles. The number of urea groups is 1. The highest BCUT2D eigenvalue weighted by molar-refractivity contribution is 5.74. The summed E-state index contributed by atoms with van der Waals surface area (Å²) in [6.45, 7) is 2.91. The summed E-state index contributed by atoms with van der Waals surface area (Å²) in [7, 11) is 0. The number of anilines is 2. The van der Waals surface area contributed by atoms with Gasteiger partial charge in [0, 0.05) is 49.6 Å². The van der Waals surface area contributed by atoms with Gasteiger partial charge in [0.05, 0.1) is 0 Å². The SMILES string of the molecule is O=C(N1CCC(Nc2ccc(F)cc2)CC1)N1CCC(Nc2ccc(F)cc2)CC1. The fraction of sp³-hybridized carbons (Fsp3) is 0.435. The molecule has 2 aliphatic rings. The summed E-state index contributed by atoms with van der Waals surface area (Å²) in [5.74, 6) is -0.477. The number of hydrogen-bond acceptors (Lipinski definition) is 3. The third kappa shape index (κ3) is 5.20. The molecule has 0 aromatic heterocycles. The van der Waals surface area contributed by atoms with E-state index in [1.54, 1.807) is 24.3 Å². The topological polar surface area (TPSA) is 47.6 Å². The van der Waals surface area contributed by atoms with Gasteiger partial charge < -0.3 is 20.4 Å². The Labute approximate surface area is 176 Å². The van der Waals surface area contributed by atoms with E-state index in [1.807, 2.05) is 9.80 Å². The van der Waals surface area contributed by atoms with E-state index in [4.69, 9.17) is 0 Å². The minimum Gasteiger partial charge on any atom is -0.382 e. The van der Waals surface area contributed by atoms with Crippen molar-refractivity contribution in [2.75, 3.05) is 36.8 Å². The molecule has 0 atom stereocenters. The molecule has 0 radical (unpaired) electrons. The molecule has 4 rings (SSSR count). The smallest absolute Gasteiger partial charge is 0.320 e. The van der Waals surface area contributed by atoms with Gasteiger partial charge in [-0.3, -0.25) is 0 Å². The summed E-state index contributed by atoms with van der Waals surface area (Å²) in [6, 6.07) is 13.5. The molecule has 5 nitrogen and oxygen atoms in total. The predicted octanol–water partition coefficient (Wildman–Crippen LogP) is 4.54. The maximum Gasteiger partial charge on any atom is 0.320 e. The number of benzene rings is 2.